The zero-order valence-electron chi connectivity index (χ0n) is 11.5. The van der Waals surface area contributed by atoms with Crippen LogP contribution in [-0.2, 0) is 6.54 Å². The van der Waals surface area contributed by atoms with Crippen LogP contribution < -0.4 is 14.8 Å². The minimum absolute atomic E-state index is 0.460. The summed E-state index contributed by atoms with van der Waals surface area (Å²) in [6.45, 7) is 0.590. The van der Waals surface area contributed by atoms with Gasteiger partial charge in [0, 0.05) is 12.5 Å². The minimum Gasteiger partial charge on any atom is -0.493 e. The third kappa shape index (κ3) is 2.68. The molecule has 0 aliphatic heterocycles. The number of hydrogen-bond donors (Lipinski definition) is 1. The van der Waals surface area contributed by atoms with Gasteiger partial charge in [-0.25, -0.2) is 0 Å². The minimum atomic E-state index is 0.460. The quantitative estimate of drug-likeness (QED) is 0.873. The number of nitrogens with one attached hydrogen (secondary N) is 1. The van der Waals surface area contributed by atoms with Gasteiger partial charge in [-0.15, -0.1) is 0 Å². The van der Waals surface area contributed by atoms with Gasteiger partial charge in [-0.1, -0.05) is 11.2 Å². The van der Waals surface area contributed by atoms with Crippen LogP contribution in [0.25, 0.3) is 0 Å². The number of ether oxygens (including phenoxy) is 2. The molecule has 0 atom stereocenters. The molecule has 1 saturated carbocycles. The Morgan fingerprint density at radius 2 is 2.05 bits per heavy atom. The number of aromatic nitrogens is 2. The van der Waals surface area contributed by atoms with Crippen molar-refractivity contribution in [1.82, 2.24) is 10.1 Å². The highest BCUT2D eigenvalue weighted by atomic mass is 16.5. The number of nitrogens with zero attached hydrogens (tertiary/aromatic N) is 2. The van der Waals surface area contributed by atoms with Gasteiger partial charge in [0.25, 0.3) is 0 Å². The topological polar surface area (TPSA) is 69.4 Å². The van der Waals surface area contributed by atoms with E-state index in [0.29, 0.717) is 30.0 Å². The molecule has 1 aliphatic carbocycles. The van der Waals surface area contributed by atoms with Crippen LogP contribution in [-0.4, -0.2) is 24.4 Å². The Morgan fingerprint density at radius 3 is 2.75 bits per heavy atom. The van der Waals surface area contributed by atoms with E-state index in [0.717, 1.165) is 24.2 Å². The molecule has 0 amide bonds. The Bertz CT molecular complexity index is 593. The zero-order chi connectivity index (χ0) is 13.9. The summed E-state index contributed by atoms with van der Waals surface area (Å²) in [5, 5.41) is 7.07. The van der Waals surface area contributed by atoms with Crippen molar-refractivity contribution in [1.29, 1.82) is 0 Å². The van der Waals surface area contributed by atoms with E-state index in [9.17, 15) is 0 Å². The fourth-order valence-corrected chi connectivity index (χ4v) is 1.98. The first-order chi connectivity index (χ1) is 9.80. The Labute approximate surface area is 117 Å². The van der Waals surface area contributed by atoms with Crippen LogP contribution in [0.5, 0.6) is 11.5 Å². The Morgan fingerprint density at radius 1 is 1.25 bits per heavy atom. The normalized spacial score (nSPS) is 14.1. The second-order valence-corrected chi connectivity index (χ2v) is 4.77. The summed E-state index contributed by atoms with van der Waals surface area (Å²) in [6.07, 6.45) is 2.32. The molecule has 0 bridgehead atoms. The summed E-state index contributed by atoms with van der Waals surface area (Å²) < 4.78 is 15.6. The average molecular weight is 275 g/mol. The van der Waals surface area contributed by atoms with Gasteiger partial charge in [0.1, 0.15) is 0 Å². The lowest BCUT2D eigenvalue weighted by atomic mass is 10.2. The Balaban J connectivity index is 1.64. The Hall–Kier alpha value is -2.24. The monoisotopic (exact) mass is 275 g/mol. The van der Waals surface area contributed by atoms with Crippen LogP contribution >= 0.6 is 0 Å². The molecule has 1 aromatic heterocycles. The summed E-state index contributed by atoms with van der Waals surface area (Å²) in [4.78, 5) is 4.32. The lowest BCUT2D eigenvalue weighted by molar-refractivity contribution is 0.354. The van der Waals surface area contributed by atoms with Gasteiger partial charge in [-0.3, -0.25) is 0 Å². The fraction of sp³-hybridized carbons (Fsp3) is 0.429. The zero-order valence-corrected chi connectivity index (χ0v) is 11.5. The molecule has 6 nitrogen and oxygen atoms in total. The van der Waals surface area contributed by atoms with Crippen LogP contribution in [0.15, 0.2) is 22.7 Å². The molecule has 1 N–H and O–H groups in total. The fourth-order valence-electron chi connectivity index (χ4n) is 1.98. The van der Waals surface area contributed by atoms with Gasteiger partial charge in [0.05, 0.1) is 14.2 Å². The molecule has 0 unspecified atom stereocenters. The highest BCUT2D eigenvalue weighted by Crippen LogP contribution is 2.38. The first-order valence-electron chi connectivity index (χ1n) is 6.58. The number of rotatable bonds is 6. The maximum absolute atomic E-state index is 5.27. The first kappa shape index (κ1) is 12.8. The van der Waals surface area contributed by atoms with E-state index in [2.05, 4.69) is 15.5 Å². The predicted molar refractivity (Wildman–Crippen MR) is 73.1 cm³/mol. The molecule has 1 aromatic carbocycles. The summed E-state index contributed by atoms with van der Waals surface area (Å²) in [7, 11) is 3.24. The summed E-state index contributed by atoms with van der Waals surface area (Å²) in [5.74, 6) is 2.72. The van der Waals surface area contributed by atoms with Crippen molar-refractivity contribution >= 4 is 6.01 Å². The second-order valence-electron chi connectivity index (χ2n) is 4.77. The van der Waals surface area contributed by atoms with Crippen molar-refractivity contribution < 1.29 is 14.0 Å². The van der Waals surface area contributed by atoms with E-state index in [1.165, 1.54) is 0 Å². The van der Waals surface area contributed by atoms with Crippen molar-refractivity contribution in [3.8, 4) is 11.5 Å². The third-order valence-corrected chi connectivity index (χ3v) is 3.28. The number of hydrogen-bond acceptors (Lipinski definition) is 6. The molecule has 20 heavy (non-hydrogen) atoms. The van der Waals surface area contributed by atoms with Crippen LogP contribution in [0.1, 0.15) is 30.1 Å². The molecule has 1 heterocycles. The molecular formula is C14H17N3O3. The van der Waals surface area contributed by atoms with E-state index in [-0.39, 0.29) is 0 Å². The van der Waals surface area contributed by atoms with Gasteiger partial charge in [0.2, 0.25) is 0 Å². The van der Waals surface area contributed by atoms with E-state index in [1.54, 1.807) is 14.2 Å². The van der Waals surface area contributed by atoms with Crippen LogP contribution in [0.3, 0.4) is 0 Å². The van der Waals surface area contributed by atoms with Crippen LogP contribution in [0.2, 0.25) is 0 Å². The maximum Gasteiger partial charge on any atom is 0.321 e. The molecule has 2 aromatic rings. The van der Waals surface area contributed by atoms with Gasteiger partial charge in [-0.2, -0.15) is 4.98 Å². The SMILES string of the molecule is COc1ccc(CNc2nc(C3CC3)no2)cc1OC. The van der Waals surface area contributed by atoms with E-state index < -0.39 is 0 Å². The van der Waals surface area contributed by atoms with Crippen molar-refractivity contribution in [3.63, 3.8) is 0 Å². The van der Waals surface area contributed by atoms with E-state index >= 15 is 0 Å². The second kappa shape index (κ2) is 5.40. The molecule has 0 radical (unpaired) electrons. The molecule has 0 spiro atoms. The molecule has 1 fully saturated rings. The molecule has 0 saturated heterocycles. The molecule has 1 aliphatic rings. The highest BCUT2D eigenvalue weighted by Gasteiger charge is 2.28. The lowest BCUT2D eigenvalue weighted by Gasteiger charge is -2.09. The molecule has 106 valence electrons. The van der Waals surface area contributed by atoms with Gasteiger partial charge in [0.15, 0.2) is 17.3 Å². The van der Waals surface area contributed by atoms with Crippen LogP contribution in [0.4, 0.5) is 6.01 Å². The summed E-state index contributed by atoms with van der Waals surface area (Å²) in [6, 6.07) is 6.22. The first-order valence-corrected chi connectivity index (χ1v) is 6.58. The molecule has 3 rings (SSSR count). The Kier molecular flexibility index (Phi) is 3.45. The van der Waals surface area contributed by atoms with Gasteiger partial charge in [-0.05, 0) is 30.5 Å². The number of anilines is 1. The van der Waals surface area contributed by atoms with Gasteiger partial charge >= 0.3 is 6.01 Å². The summed E-state index contributed by atoms with van der Waals surface area (Å²) in [5.41, 5.74) is 1.05. The van der Waals surface area contributed by atoms with Crippen LogP contribution in [0, 0.1) is 0 Å². The number of benzene rings is 1. The molecular weight excluding hydrogens is 258 g/mol. The van der Waals surface area contributed by atoms with Crippen molar-refractivity contribution in [2.24, 2.45) is 0 Å². The number of methoxy groups -OCH3 is 2. The van der Waals surface area contributed by atoms with E-state index in [4.69, 9.17) is 14.0 Å². The van der Waals surface area contributed by atoms with Gasteiger partial charge < -0.3 is 19.3 Å². The predicted octanol–water partition coefficient (Wildman–Crippen LogP) is 2.58. The maximum atomic E-state index is 5.27. The van der Waals surface area contributed by atoms with Crippen molar-refractivity contribution in [2.45, 2.75) is 25.3 Å². The average Bonchev–Trinajstić information content (AvgIpc) is 3.23. The third-order valence-electron chi connectivity index (χ3n) is 3.28. The van der Waals surface area contributed by atoms with E-state index in [1.807, 2.05) is 18.2 Å². The largest absolute Gasteiger partial charge is 0.493 e. The smallest absolute Gasteiger partial charge is 0.321 e. The van der Waals surface area contributed by atoms with Crippen molar-refractivity contribution in [3.05, 3.63) is 29.6 Å². The lowest BCUT2D eigenvalue weighted by Crippen LogP contribution is -2.01. The van der Waals surface area contributed by atoms with Crippen molar-refractivity contribution in [2.75, 3.05) is 19.5 Å². The summed E-state index contributed by atoms with van der Waals surface area (Å²) >= 11 is 0. The standard InChI is InChI=1S/C14H17N3O3/c1-18-11-6-3-9(7-12(11)19-2)8-15-14-16-13(17-20-14)10-4-5-10/h3,6-7,10H,4-5,8H2,1-2H3,(H,15,16,17). The highest BCUT2D eigenvalue weighted by molar-refractivity contribution is 5.43. The molecule has 6 heteroatoms.